The molecule has 2 aromatic rings. The first kappa shape index (κ1) is 15.3. The zero-order valence-corrected chi connectivity index (χ0v) is 12.1. The number of hydrogen-bond donors (Lipinski definition) is 3. The van der Waals surface area contributed by atoms with E-state index in [9.17, 15) is 14.7 Å². The van der Waals surface area contributed by atoms with Gasteiger partial charge in [0.25, 0.3) is 0 Å². The first-order chi connectivity index (χ1) is 10.2. The summed E-state index contributed by atoms with van der Waals surface area (Å²) in [6.45, 7) is 0.520. The van der Waals surface area contributed by atoms with Crippen LogP contribution >= 0.6 is 11.3 Å². The van der Waals surface area contributed by atoms with Crippen LogP contribution in [0.4, 0.5) is 0 Å². The first-order valence-corrected chi connectivity index (χ1v) is 7.34. The Bertz CT molecular complexity index is 566. The summed E-state index contributed by atoms with van der Waals surface area (Å²) in [6.07, 6.45) is 0.946. The van der Waals surface area contributed by atoms with Crippen molar-refractivity contribution in [2.45, 2.75) is 19.1 Å². The third kappa shape index (κ3) is 4.73. The molecule has 21 heavy (non-hydrogen) atoms. The van der Waals surface area contributed by atoms with Gasteiger partial charge in [-0.25, -0.2) is 0 Å². The van der Waals surface area contributed by atoms with Crippen molar-refractivity contribution in [2.24, 2.45) is 0 Å². The molecule has 0 unspecified atom stereocenters. The van der Waals surface area contributed by atoms with E-state index in [0.717, 1.165) is 4.88 Å². The Morgan fingerprint density at radius 2 is 2.05 bits per heavy atom. The Kier molecular flexibility index (Phi) is 5.53. The van der Waals surface area contributed by atoms with Crippen LogP contribution in [0.15, 0.2) is 40.3 Å². The zero-order valence-electron chi connectivity index (χ0n) is 11.2. The van der Waals surface area contributed by atoms with Gasteiger partial charge in [0.2, 0.25) is 0 Å². The zero-order chi connectivity index (χ0) is 15.1. The van der Waals surface area contributed by atoms with Gasteiger partial charge in [-0.2, -0.15) is 0 Å². The predicted molar refractivity (Wildman–Crippen MR) is 77.5 cm³/mol. The first-order valence-electron chi connectivity index (χ1n) is 6.46. The highest BCUT2D eigenvalue weighted by molar-refractivity contribution is 7.09. The van der Waals surface area contributed by atoms with Crippen molar-refractivity contribution in [3.8, 4) is 0 Å². The quantitative estimate of drug-likeness (QED) is 0.699. The van der Waals surface area contributed by atoms with E-state index in [1.807, 2.05) is 17.5 Å². The summed E-state index contributed by atoms with van der Waals surface area (Å²) in [7, 11) is 0. The monoisotopic (exact) mass is 308 g/mol. The minimum Gasteiger partial charge on any atom is -0.467 e. The van der Waals surface area contributed by atoms with E-state index in [-0.39, 0.29) is 13.0 Å². The Hall–Kier alpha value is -2.12. The molecule has 0 aromatic carbocycles. The van der Waals surface area contributed by atoms with Crippen LogP contribution in [0, 0.1) is 0 Å². The summed E-state index contributed by atoms with van der Waals surface area (Å²) >= 11 is 1.51. The number of carbonyl (C=O) groups excluding carboxylic acids is 2. The van der Waals surface area contributed by atoms with Crippen molar-refractivity contribution >= 4 is 23.2 Å². The lowest BCUT2D eigenvalue weighted by atomic mass is 10.2. The molecular formula is C14H16N2O4S. The number of amides is 2. The summed E-state index contributed by atoms with van der Waals surface area (Å²) in [5, 5.41) is 16.6. The molecule has 2 rings (SSSR count). The number of furan rings is 1. The summed E-state index contributed by atoms with van der Waals surface area (Å²) in [5.74, 6) is -0.958. The molecular weight excluding hydrogens is 292 g/mol. The second-order valence-corrected chi connectivity index (χ2v) is 5.37. The maximum atomic E-state index is 11.5. The van der Waals surface area contributed by atoms with E-state index >= 15 is 0 Å². The molecule has 2 aromatic heterocycles. The number of thiophene rings is 1. The average Bonchev–Trinajstić information content (AvgIpc) is 3.17. The maximum Gasteiger partial charge on any atom is 0.309 e. The van der Waals surface area contributed by atoms with Gasteiger partial charge in [0.15, 0.2) is 0 Å². The number of aliphatic hydroxyl groups excluding tert-OH is 1. The van der Waals surface area contributed by atoms with Gasteiger partial charge in [0, 0.05) is 11.4 Å². The fraction of sp³-hybridized carbons (Fsp3) is 0.286. The summed E-state index contributed by atoms with van der Waals surface area (Å²) in [5.41, 5.74) is 0. The van der Waals surface area contributed by atoms with E-state index in [1.165, 1.54) is 17.6 Å². The molecule has 3 N–H and O–H groups in total. The van der Waals surface area contributed by atoms with E-state index in [2.05, 4.69) is 10.6 Å². The van der Waals surface area contributed by atoms with Crippen molar-refractivity contribution in [2.75, 3.05) is 6.54 Å². The molecule has 6 nitrogen and oxygen atoms in total. The van der Waals surface area contributed by atoms with Gasteiger partial charge in [0.05, 0.1) is 12.8 Å². The van der Waals surface area contributed by atoms with Gasteiger partial charge in [-0.15, -0.1) is 11.3 Å². The third-order valence-corrected chi connectivity index (χ3v) is 3.66. The topological polar surface area (TPSA) is 91.6 Å². The summed E-state index contributed by atoms with van der Waals surface area (Å²) in [6, 6.07) is 7.08. The molecule has 7 heteroatoms. The van der Waals surface area contributed by atoms with Crippen LogP contribution in [0.2, 0.25) is 0 Å². The molecule has 2 amide bonds. The van der Waals surface area contributed by atoms with Crippen LogP contribution in [0.3, 0.4) is 0 Å². The Balaban J connectivity index is 1.65. The highest BCUT2D eigenvalue weighted by Gasteiger charge is 2.15. The second kappa shape index (κ2) is 7.61. The van der Waals surface area contributed by atoms with Gasteiger partial charge in [-0.05, 0) is 30.0 Å². The van der Waals surface area contributed by atoms with E-state index < -0.39 is 17.9 Å². The molecule has 1 atom stereocenters. The smallest absolute Gasteiger partial charge is 0.309 e. The predicted octanol–water partition coefficient (Wildman–Crippen LogP) is 1.20. The molecule has 0 aliphatic carbocycles. The van der Waals surface area contributed by atoms with Crippen LogP contribution in [0.1, 0.15) is 23.2 Å². The Labute approximate surface area is 125 Å². The molecule has 0 saturated carbocycles. The maximum absolute atomic E-state index is 11.5. The van der Waals surface area contributed by atoms with Crippen molar-refractivity contribution in [3.05, 3.63) is 46.5 Å². The summed E-state index contributed by atoms with van der Waals surface area (Å²) in [4.78, 5) is 24.1. The second-order valence-electron chi connectivity index (χ2n) is 4.34. The highest BCUT2D eigenvalue weighted by atomic mass is 32.1. The van der Waals surface area contributed by atoms with Gasteiger partial charge < -0.3 is 20.2 Å². The van der Waals surface area contributed by atoms with Crippen molar-refractivity contribution < 1.29 is 19.1 Å². The number of carbonyl (C=O) groups is 2. The molecule has 2 heterocycles. The van der Waals surface area contributed by atoms with Gasteiger partial charge in [-0.3, -0.25) is 9.59 Å². The lowest BCUT2D eigenvalue weighted by molar-refractivity contribution is -0.139. The number of rotatable bonds is 6. The van der Waals surface area contributed by atoms with Crippen LogP contribution in [-0.2, 0) is 16.1 Å². The van der Waals surface area contributed by atoms with Crippen molar-refractivity contribution in [1.29, 1.82) is 0 Å². The van der Waals surface area contributed by atoms with Gasteiger partial charge >= 0.3 is 11.8 Å². The van der Waals surface area contributed by atoms with Crippen molar-refractivity contribution in [1.82, 2.24) is 10.6 Å². The van der Waals surface area contributed by atoms with E-state index in [0.29, 0.717) is 12.3 Å². The molecule has 0 aliphatic heterocycles. The normalized spacial score (nSPS) is 11.9. The van der Waals surface area contributed by atoms with Crippen LogP contribution < -0.4 is 10.6 Å². The van der Waals surface area contributed by atoms with E-state index in [4.69, 9.17) is 4.42 Å². The summed E-state index contributed by atoms with van der Waals surface area (Å²) < 4.78 is 5.04. The lowest BCUT2D eigenvalue weighted by Gasteiger charge is -2.09. The van der Waals surface area contributed by atoms with E-state index in [1.54, 1.807) is 12.1 Å². The Morgan fingerprint density at radius 1 is 1.24 bits per heavy atom. The number of nitrogens with one attached hydrogen (secondary N) is 2. The fourth-order valence-corrected chi connectivity index (χ4v) is 2.33. The van der Waals surface area contributed by atoms with Crippen LogP contribution in [-0.4, -0.2) is 23.5 Å². The average molecular weight is 308 g/mol. The molecule has 0 spiro atoms. The molecule has 0 saturated heterocycles. The number of aliphatic hydroxyl groups is 1. The Morgan fingerprint density at radius 3 is 2.71 bits per heavy atom. The molecule has 112 valence electrons. The minimum absolute atomic E-state index is 0.188. The minimum atomic E-state index is -0.797. The molecule has 0 aliphatic rings. The highest BCUT2D eigenvalue weighted by Crippen LogP contribution is 2.15. The largest absolute Gasteiger partial charge is 0.467 e. The van der Waals surface area contributed by atoms with Crippen molar-refractivity contribution in [3.63, 3.8) is 0 Å². The molecule has 0 radical (unpaired) electrons. The third-order valence-electron chi connectivity index (χ3n) is 2.78. The van der Waals surface area contributed by atoms with Gasteiger partial charge in [-0.1, -0.05) is 6.07 Å². The number of hydrogen-bond acceptors (Lipinski definition) is 5. The lowest BCUT2D eigenvalue weighted by Crippen LogP contribution is -2.40. The van der Waals surface area contributed by atoms with Gasteiger partial charge in [0.1, 0.15) is 11.9 Å². The molecule has 0 bridgehead atoms. The van der Waals surface area contributed by atoms with Crippen LogP contribution in [0.25, 0.3) is 0 Å². The SMILES string of the molecule is O=C(NCC[C@@H](O)c1ccco1)C(=O)NCc1cccs1. The standard InChI is InChI=1S/C14H16N2O4S/c17-11(12-4-1-7-20-12)5-6-15-13(18)14(19)16-9-10-3-2-8-21-10/h1-4,7-8,11,17H,5-6,9H2,(H,15,18)(H,16,19)/t11-/m1/s1. The fourth-order valence-electron chi connectivity index (χ4n) is 1.69. The molecule has 0 fully saturated rings. The van der Waals surface area contributed by atoms with Crippen LogP contribution in [0.5, 0.6) is 0 Å².